The van der Waals surface area contributed by atoms with Crippen molar-refractivity contribution in [2.24, 2.45) is 0 Å². The van der Waals surface area contributed by atoms with Gasteiger partial charge in [-0.2, -0.15) is 5.10 Å². The van der Waals surface area contributed by atoms with Crippen LogP contribution in [0.1, 0.15) is 21.5 Å². The number of rotatable bonds is 5. The summed E-state index contributed by atoms with van der Waals surface area (Å²) in [4.78, 5) is 22.8. The van der Waals surface area contributed by atoms with Gasteiger partial charge >= 0.3 is 0 Å². The van der Waals surface area contributed by atoms with Gasteiger partial charge in [0.25, 0.3) is 11.6 Å². The molecule has 1 aromatic heterocycles. The number of nitro benzene ring substituents is 1. The number of hydrogen-bond acceptors (Lipinski definition) is 4. The smallest absolute Gasteiger partial charge is 0.273 e. The lowest BCUT2D eigenvalue weighted by molar-refractivity contribution is -0.385. The summed E-state index contributed by atoms with van der Waals surface area (Å²) in [7, 11) is 0. The Morgan fingerprint density at radius 1 is 1.20 bits per heavy atom. The number of nitrogens with one attached hydrogen (secondary N) is 1. The standard InChI is InChI=1S/C18H16N4O3/c1-13-16(4-2-5-17(13)22(24)25)18(23)19-12-14-6-8-15(9-7-14)21-11-3-10-20-21/h2-11H,12H2,1H3,(H,19,23). The minimum Gasteiger partial charge on any atom is -0.348 e. The molecule has 25 heavy (non-hydrogen) atoms. The highest BCUT2D eigenvalue weighted by Crippen LogP contribution is 2.21. The van der Waals surface area contributed by atoms with Crippen molar-refractivity contribution in [2.75, 3.05) is 0 Å². The van der Waals surface area contributed by atoms with E-state index in [-0.39, 0.29) is 11.6 Å². The Kier molecular flexibility index (Phi) is 4.56. The molecule has 0 aliphatic rings. The number of amides is 1. The molecular formula is C18H16N4O3. The Bertz CT molecular complexity index is 903. The van der Waals surface area contributed by atoms with E-state index in [0.717, 1.165) is 11.3 Å². The first-order valence-electron chi connectivity index (χ1n) is 7.67. The van der Waals surface area contributed by atoms with Crippen LogP contribution in [0.5, 0.6) is 0 Å². The first kappa shape index (κ1) is 16.4. The third kappa shape index (κ3) is 3.55. The SMILES string of the molecule is Cc1c(C(=O)NCc2ccc(-n3cccn3)cc2)cccc1[N+](=O)[O-]. The van der Waals surface area contributed by atoms with Gasteiger partial charge in [-0.15, -0.1) is 0 Å². The van der Waals surface area contributed by atoms with Crippen LogP contribution in [0.3, 0.4) is 0 Å². The molecule has 0 spiro atoms. The summed E-state index contributed by atoms with van der Waals surface area (Å²) in [5.74, 6) is -0.336. The molecule has 0 atom stereocenters. The predicted octanol–water partition coefficient (Wildman–Crippen LogP) is 3.02. The van der Waals surface area contributed by atoms with Gasteiger partial charge in [0.15, 0.2) is 0 Å². The molecule has 126 valence electrons. The summed E-state index contributed by atoms with van der Waals surface area (Å²) < 4.78 is 1.74. The van der Waals surface area contributed by atoms with Crippen molar-refractivity contribution in [2.45, 2.75) is 13.5 Å². The Labute approximate surface area is 144 Å². The van der Waals surface area contributed by atoms with Gasteiger partial charge in [0, 0.05) is 36.1 Å². The van der Waals surface area contributed by atoms with E-state index in [1.54, 1.807) is 23.9 Å². The monoisotopic (exact) mass is 336 g/mol. The summed E-state index contributed by atoms with van der Waals surface area (Å²) in [5.41, 5.74) is 2.46. The lowest BCUT2D eigenvalue weighted by atomic mass is 10.1. The Morgan fingerprint density at radius 2 is 1.96 bits per heavy atom. The molecule has 3 aromatic rings. The molecule has 1 heterocycles. The summed E-state index contributed by atoms with van der Waals surface area (Å²) in [5, 5.41) is 17.9. The van der Waals surface area contributed by atoms with E-state index in [1.807, 2.05) is 36.5 Å². The van der Waals surface area contributed by atoms with Gasteiger partial charge in [0.05, 0.1) is 10.6 Å². The fraction of sp³-hybridized carbons (Fsp3) is 0.111. The third-order valence-corrected chi connectivity index (χ3v) is 3.90. The average molecular weight is 336 g/mol. The van der Waals surface area contributed by atoms with Gasteiger partial charge < -0.3 is 5.32 Å². The van der Waals surface area contributed by atoms with Gasteiger partial charge in [0.2, 0.25) is 0 Å². The number of carbonyl (C=O) groups is 1. The van der Waals surface area contributed by atoms with Crippen LogP contribution in [0.2, 0.25) is 0 Å². The molecule has 0 aliphatic carbocycles. The zero-order valence-electron chi connectivity index (χ0n) is 13.5. The second kappa shape index (κ2) is 6.96. The second-order valence-electron chi connectivity index (χ2n) is 5.51. The molecule has 3 rings (SSSR count). The minimum atomic E-state index is -0.486. The molecule has 0 aliphatic heterocycles. The maximum atomic E-state index is 12.3. The number of carbonyl (C=O) groups excluding carboxylic acids is 1. The molecule has 0 fully saturated rings. The molecule has 0 unspecified atom stereocenters. The zero-order chi connectivity index (χ0) is 17.8. The Hall–Kier alpha value is -3.48. The number of aromatic nitrogens is 2. The van der Waals surface area contributed by atoms with Crippen molar-refractivity contribution >= 4 is 11.6 Å². The summed E-state index contributed by atoms with van der Waals surface area (Å²) in [6.45, 7) is 1.91. The first-order chi connectivity index (χ1) is 12.1. The van der Waals surface area contributed by atoms with Crippen molar-refractivity contribution in [1.82, 2.24) is 15.1 Å². The van der Waals surface area contributed by atoms with Gasteiger partial charge in [0.1, 0.15) is 0 Å². The molecule has 0 bridgehead atoms. The van der Waals surface area contributed by atoms with Gasteiger partial charge in [-0.25, -0.2) is 4.68 Å². The molecule has 0 radical (unpaired) electrons. The van der Waals surface area contributed by atoms with Crippen LogP contribution >= 0.6 is 0 Å². The van der Waals surface area contributed by atoms with Crippen molar-refractivity contribution in [3.63, 3.8) is 0 Å². The number of hydrogen-bond donors (Lipinski definition) is 1. The molecule has 1 N–H and O–H groups in total. The Balaban J connectivity index is 1.68. The van der Waals surface area contributed by atoms with Crippen LogP contribution in [0, 0.1) is 17.0 Å². The second-order valence-corrected chi connectivity index (χ2v) is 5.51. The highest BCUT2D eigenvalue weighted by atomic mass is 16.6. The lowest BCUT2D eigenvalue weighted by Crippen LogP contribution is -2.23. The molecule has 0 saturated carbocycles. The van der Waals surface area contributed by atoms with Crippen molar-refractivity contribution in [3.8, 4) is 5.69 Å². The van der Waals surface area contributed by atoms with E-state index < -0.39 is 4.92 Å². The van der Waals surface area contributed by atoms with E-state index in [9.17, 15) is 14.9 Å². The quantitative estimate of drug-likeness (QED) is 0.573. The highest BCUT2D eigenvalue weighted by molar-refractivity contribution is 5.96. The van der Waals surface area contributed by atoms with Gasteiger partial charge in [-0.1, -0.05) is 18.2 Å². The third-order valence-electron chi connectivity index (χ3n) is 3.90. The van der Waals surface area contributed by atoms with Gasteiger partial charge in [-0.05, 0) is 36.8 Å². The topological polar surface area (TPSA) is 90.1 Å². The lowest BCUT2D eigenvalue weighted by Gasteiger charge is -2.09. The summed E-state index contributed by atoms with van der Waals surface area (Å²) in [6.07, 6.45) is 3.55. The molecule has 7 heteroatoms. The van der Waals surface area contributed by atoms with Crippen molar-refractivity contribution in [3.05, 3.63) is 87.7 Å². The van der Waals surface area contributed by atoms with E-state index in [0.29, 0.717) is 17.7 Å². The molecule has 0 saturated heterocycles. The Morgan fingerprint density at radius 3 is 2.60 bits per heavy atom. The molecular weight excluding hydrogens is 320 g/mol. The largest absolute Gasteiger partial charge is 0.348 e. The minimum absolute atomic E-state index is 0.0591. The molecule has 2 aromatic carbocycles. The first-order valence-corrected chi connectivity index (χ1v) is 7.67. The fourth-order valence-electron chi connectivity index (χ4n) is 2.53. The maximum Gasteiger partial charge on any atom is 0.273 e. The predicted molar refractivity (Wildman–Crippen MR) is 92.6 cm³/mol. The van der Waals surface area contributed by atoms with E-state index in [2.05, 4.69) is 10.4 Å². The van der Waals surface area contributed by atoms with Crippen LogP contribution in [0.4, 0.5) is 5.69 Å². The fourth-order valence-corrected chi connectivity index (χ4v) is 2.53. The highest BCUT2D eigenvalue weighted by Gasteiger charge is 2.17. The number of benzene rings is 2. The van der Waals surface area contributed by atoms with Crippen LogP contribution in [-0.4, -0.2) is 20.6 Å². The maximum absolute atomic E-state index is 12.3. The van der Waals surface area contributed by atoms with Crippen LogP contribution in [-0.2, 0) is 6.54 Å². The van der Waals surface area contributed by atoms with Crippen molar-refractivity contribution < 1.29 is 9.72 Å². The van der Waals surface area contributed by atoms with Crippen LogP contribution in [0.25, 0.3) is 5.69 Å². The normalized spacial score (nSPS) is 10.4. The van der Waals surface area contributed by atoms with Crippen LogP contribution in [0.15, 0.2) is 60.9 Å². The van der Waals surface area contributed by atoms with Crippen molar-refractivity contribution in [1.29, 1.82) is 0 Å². The van der Waals surface area contributed by atoms with Crippen LogP contribution < -0.4 is 5.32 Å². The zero-order valence-corrected chi connectivity index (χ0v) is 13.5. The summed E-state index contributed by atoms with van der Waals surface area (Å²) >= 11 is 0. The number of nitro groups is 1. The molecule has 1 amide bonds. The van der Waals surface area contributed by atoms with Gasteiger partial charge in [-0.3, -0.25) is 14.9 Å². The van der Waals surface area contributed by atoms with E-state index in [1.165, 1.54) is 12.1 Å². The van der Waals surface area contributed by atoms with E-state index in [4.69, 9.17) is 0 Å². The van der Waals surface area contributed by atoms with E-state index >= 15 is 0 Å². The number of nitrogens with zero attached hydrogens (tertiary/aromatic N) is 3. The molecule has 7 nitrogen and oxygen atoms in total. The summed E-state index contributed by atoms with van der Waals surface area (Å²) in [6, 6.07) is 13.9. The average Bonchev–Trinajstić information content (AvgIpc) is 3.14.